The Labute approximate surface area is 163 Å². The number of carboxylic acids is 2. The number of carbonyl (C=O) groups is 2. The van der Waals surface area contributed by atoms with Crippen molar-refractivity contribution in [1.82, 2.24) is 4.90 Å². The molecule has 0 heterocycles. The van der Waals surface area contributed by atoms with E-state index in [2.05, 4.69) is 0 Å². The quantitative estimate of drug-likeness (QED) is 0.410. The smallest absolute Gasteiger partial charge is 0.550 e. The summed E-state index contributed by atoms with van der Waals surface area (Å²) in [5, 5.41) is 43.2. The van der Waals surface area contributed by atoms with Crippen molar-refractivity contribution in [1.29, 1.82) is 0 Å². The van der Waals surface area contributed by atoms with E-state index in [0.717, 1.165) is 13.8 Å². The van der Waals surface area contributed by atoms with Gasteiger partial charge in [0.15, 0.2) is 0 Å². The Bertz CT molecular complexity index is 174. The minimum absolute atomic E-state index is 0. The number of hydrogen-bond donors (Lipinski definition) is 3. The zero-order chi connectivity index (χ0) is 15.0. The van der Waals surface area contributed by atoms with Crippen molar-refractivity contribution in [2.24, 2.45) is 0 Å². The molecule has 0 aliphatic heterocycles. The molecule has 0 aliphatic rings. The van der Waals surface area contributed by atoms with Crippen LogP contribution in [0.15, 0.2) is 0 Å². The Morgan fingerprint density at radius 1 is 0.800 bits per heavy atom. The van der Waals surface area contributed by atoms with Crippen LogP contribution in [0.1, 0.15) is 13.8 Å². The predicted molar refractivity (Wildman–Crippen MR) is 59.1 cm³/mol. The molecule has 0 spiro atoms. The Kier molecular flexibility index (Phi) is 45.7. The minimum atomic E-state index is -1.08. The van der Waals surface area contributed by atoms with Gasteiger partial charge in [-0.3, -0.25) is 4.90 Å². The maximum atomic E-state index is 8.89. The van der Waals surface area contributed by atoms with Crippen LogP contribution < -0.4 is 69.3 Å². The average Bonchev–Trinajstić information content (AvgIpc) is 2.17. The molecule has 0 aliphatic carbocycles. The van der Waals surface area contributed by atoms with Crippen LogP contribution >= 0.6 is 0 Å². The molecular weight excluding hydrogens is 292 g/mol. The Hall–Kier alpha value is 0.780. The standard InChI is InChI=1S/C6H15NO3.2C2H4O2.2Na/c8-4-1-7(2-5-9)3-6-10;2*1-2(3)4;;/h8-10H,1-6H2;2*1H3,(H,3,4);;/q;;;2*+1/p-2. The molecule has 10 heteroatoms. The second-order valence-corrected chi connectivity index (χ2v) is 3.00. The van der Waals surface area contributed by atoms with Crippen molar-refractivity contribution >= 4 is 11.9 Å². The number of carbonyl (C=O) groups excluding carboxylic acids is 2. The van der Waals surface area contributed by atoms with Gasteiger partial charge in [0.05, 0.1) is 19.8 Å². The molecule has 0 amide bonds. The van der Waals surface area contributed by atoms with Gasteiger partial charge in [-0.05, 0) is 13.8 Å². The summed E-state index contributed by atoms with van der Waals surface area (Å²) in [4.78, 5) is 19.6. The van der Waals surface area contributed by atoms with E-state index in [-0.39, 0.29) is 78.9 Å². The van der Waals surface area contributed by atoms with Gasteiger partial charge in [0.2, 0.25) is 0 Å². The summed E-state index contributed by atoms with van der Waals surface area (Å²) < 4.78 is 0. The number of aliphatic hydroxyl groups excluding tert-OH is 3. The van der Waals surface area contributed by atoms with Gasteiger partial charge < -0.3 is 35.1 Å². The summed E-state index contributed by atoms with van der Waals surface area (Å²) in [6.45, 7) is 3.70. The number of carboxylic acid groups (broad SMARTS) is 2. The molecule has 8 nitrogen and oxygen atoms in total. The van der Waals surface area contributed by atoms with Gasteiger partial charge in [0, 0.05) is 31.6 Å². The molecule has 0 fully saturated rings. The summed E-state index contributed by atoms with van der Waals surface area (Å²) in [6.07, 6.45) is 0. The van der Waals surface area contributed by atoms with Crippen LogP contribution in [0.5, 0.6) is 0 Å². The number of nitrogens with zero attached hydrogens (tertiary/aromatic N) is 1. The van der Waals surface area contributed by atoms with Gasteiger partial charge in [0.25, 0.3) is 0 Å². The molecule has 3 N–H and O–H groups in total. The summed E-state index contributed by atoms with van der Waals surface area (Å²) in [5.41, 5.74) is 0. The van der Waals surface area contributed by atoms with E-state index in [1.807, 2.05) is 0 Å². The number of aliphatic hydroxyl groups is 3. The maximum absolute atomic E-state index is 8.89. The minimum Gasteiger partial charge on any atom is -0.550 e. The molecule has 0 aromatic rings. The molecule has 20 heavy (non-hydrogen) atoms. The molecule has 0 bridgehead atoms. The third-order valence-electron chi connectivity index (χ3n) is 1.25. The van der Waals surface area contributed by atoms with E-state index in [0.29, 0.717) is 19.6 Å². The van der Waals surface area contributed by atoms with Gasteiger partial charge >= 0.3 is 59.1 Å². The van der Waals surface area contributed by atoms with Crippen molar-refractivity contribution in [3.05, 3.63) is 0 Å². The van der Waals surface area contributed by atoms with Gasteiger partial charge in [0.1, 0.15) is 0 Å². The largest absolute Gasteiger partial charge is 1.00 e. The van der Waals surface area contributed by atoms with E-state index in [9.17, 15) is 0 Å². The third kappa shape index (κ3) is 62.1. The average molecular weight is 313 g/mol. The molecule has 0 aromatic carbocycles. The van der Waals surface area contributed by atoms with E-state index in [1.165, 1.54) is 0 Å². The van der Waals surface area contributed by atoms with Crippen LogP contribution in [0.2, 0.25) is 0 Å². The van der Waals surface area contributed by atoms with Crippen LogP contribution in [0.25, 0.3) is 0 Å². The van der Waals surface area contributed by atoms with Gasteiger partial charge in [-0.2, -0.15) is 0 Å². The monoisotopic (exact) mass is 313 g/mol. The van der Waals surface area contributed by atoms with Crippen molar-refractivity contribution in [3.8, 4) is 0 Å². The number of hydrogen-bond acceptors (Lipinski definition) is 8. The summed E-state index contributed by atoms with van der Waals surface area (Å²) in [6, 6.07) is 0. The fraction of sp³-hybridized carbons (Fsp3) is 0.800. The SMILES string of the molecule is CC(=O)[O-].CC(=O)[O-].OCCN(CCO)CCO.[Na+].[Na+]. The summed E-state index contributed by atoms with van der Waals surface area (Å²) >= 11 is 0. The molecule has 0 atom stereocenters. The van der Waals surface area contributed by atoms with Crippen LogP contribution in [0.4, 0.5) is 0 Å². The van der Waals surface area contributed by atoms with E-state index < -0.39 is 11.9 Å². The fourth-order valence-corrected chi connectivity index (χ4v) is 0.760. The first-order valence-electron chi connectivity index (χ1n) is 5.21. The topological polar surface area (TPSA) is 144 Å². The first-order valence-corrected chi connectivity index (χ1v) is 5.21. The van der Waals surface area contributed by atoms with Gasteiger partial charge in [-0.15, -0.1) is 0 Å². The molecule has 0 radical (unpaired) electrons. The first kappa shape index (κ1) is 32.7. The van der Waals surface area contributed by atoms with Gasteiger partial charge in [-0.1, -0.05) is 0 Å². The fourth-order valence-electron chi connectivity index (χ4n) is 0.760. The third-order valence-corrected chi connectivity index (χ3v) is 1.25. The molecule has 0 rings (SSSR count). The second kappa shape index (κ2) is 28.0. The summed E-state index contributed by atoms with van der Waals surface area (Å²) in [7, 11) is 0. The second-order valence-electron chi connectivity index (χ2n) is 3.00. The zero-order valence-electron chi connectivity index (χ0n) is 12.7. The Morgan fingerprint density at radius 3 is 1.05 bits per heavy atom. The van der Waals surface area contributed by atoms with Crippen LogP contribution in [0, 0.1) is 0 Å². The first-order chi connectivity index (χ1) is 8.31. The van der Waals surface area contributed by atoms with Crippen LogP contribution in [-0.2, 0) is 9.59 Å². The molecule has 110 valence electrons. The molecule has 0 saturated heterocycles. The maximum Gasteiger partial charge on any atom is 1.00 e. The van der Waals surface area contributed by atoms with Crippen molar-refractivity contribution in [2.75, 3.05) is 39.5 Å². The number of aliphatic carboxylic acids is 2. The number of rotatable bonds is 6. The molecular formula is C10H21NNa2O7. The molecule has 0 aromatic heterocycles. The molecule has 0 unspecified atom stereocenters. The van der Waals surface area contributed by atoms with Gasteiger partial charge in [-0.25, -0.2) is 0 Å². The van der Waals surface area contributed by atoms with Crippen LogP contribution in [-0.4, -0.2) is 71.6 Å². The van der Waals surface area contributed by atoms with Crippen molar-refractivity contribution in [2.45, 2.75) is 13.8 Å². The molecule has 0 saturated carbocycles. The van der Waals surface area contributed by atoms with Crippen LogP contribution in [0.3, 0.4) is 0 Å². The zero-order valence-corrected chi connectivity index (χ0v) is 16.7. The predicted octanol–water partition coefficient (Wildman–Crippen LogP) is -10.2. The van der Waals surface area contributed by atoms with E-state index in [1.54, 1.807) is 4.90 Å². The van der Waals surface area contributed by atoms with E-state index in [4.69, 9.17) is 35.1 Å². The Balaban J connectivity index is -0.0000000637. The Morgan fingerprint density at radius 2 is 0.950 bits per heavy atom. The summed E-state index contributed by atoms with van der Waals surface area (Å²) in [5.74, 6) is -2.17. The van der Waals surface area contributed by atoms with E-state index >= 15 is 0 Å². The normalized spacial score (nSPS) is 7.90. The van der Waals surface area contributed by atoms with Crippen molar-refractivity contribution in [3.63, 3.8) is 0 Å². The van der Waals surface area contributed by atoms with Crippen molar-refractivity contribution < 1.29 is 94.2 Å².